The van der Waals surface area contributed by atoms with Gasteiger partial charge in [0.25, 0.3) is 0 Å². The van der Waals surface area contributed by atoms with E-state index in [0.29, 0.717) is 33.7 Å². The van der Waals surface area contributed by atoms with Crippen LogP contribution in [0.5, 0.6) is 5.75 Å². The van der Waals surface area contributed by atoms with Crippen LogP contribution in [0.15, 0.2) is 65.8 Å². The lowest BCUT2D eigenvalue weighted by Crippen LogP contribution is -2.14. The average Bonchev–Trinajstić information content (AvgIpc) is 3.33. The number of fused-ring (bicyclic) bond motifs is 1. The number of carbonyl (C=O) groups is 1. The number of hydrogen-bond donors (Lipinski definition) is 1. The molecule has 40 heavy (non-hydrogen) atoms. The fraction of sp³-hybridized carbons (Fsp3) is 0.300. The molecule has 210 valence electrons. The van der Waals surface area contributed by atoms with Crippen molar-refractivity contribution in [3.63, 3.8) is 0 Å². The highest BCUT2D eigenvalue weighted by atomic mass is 35.5. The van der Waals surface area contributed by atoms with Crippen LogP contribution in [0, 0.1) is 5.92 Å². The van der Waals surface area contributed by atoms with E-state index in [1.54, 1.807) is 18.3 Å². The molecule has 0 unspecified atom stereocenters. The molecular weight excluding hydrogens is 543 g/mol. The molecule has 1 N–H and O–H groups in total. The summed E-state index contributed by atoms with van der Waals surface area (Å²) in [4.78, 5) is 14.8. The average molecular weight is 572 g/mol. The van der Waals surface area contributed by atoms with Crippen LogP contribution >= 0.6 is 11.6 Å². The van der Waals surface area contributed by atoms with Gasteiger partial charge < -0.3 is 9.84 Å². The highest BCUT2D eigenvalue weighted by molar-refractivity contribution is 6.33. The van der Waals surface area contributed by atoms with Crippen LogP contribution in [0.2, 0.25) is 5.02 Å². The van der Waals surface area contributed by atoms with Gasteiger partial charge in [-0.1, -0.05) is 55.8 Å². The van der Waals surface area contributed by atoms with Gasteiger partial charge in [-0.3, -0.25) is 14.5 Å². The number of hydrogen-bond acceptors (Lipinski definition) is 4. The lowest BCUT2D eigenvalue weighted by molar-refractivity contribution is -0.138. The van der Waals surface area contributed by atoms with Crippen LogP contribution in [-0.2, 0) is 11.0 Å². The monoisotopic (exact) mass is 571 g/mol. The zero-order valence-electron chi connectivity index (χ0n) is 22.2. The fourth-order valence-corrected chi connectivity index (χ4v) is 4.85. The first-order chi connectivity index (χ1) is 19.0. The number of methoxy groups -OCH3 is 1. The third kappa shape index (κ3) is 6.65. The van der Waals surface area contributed by atoms with E-state index in [1.165, 1.54) is 13.2 Å². The molecule has 1 atom stereocenters. The molecule has 0 saturated heterocycles. The molecule has 0 bridgehead atoms. The van der Waals surface area contributed by atoms with E-state index in [4.69, 9.17) is 26.5 Å². The molecule has 0 saturated carbocycles. The molecule has 4 aromatic rings. The maximum atomic E-state index is 13.2. The molecule has 0 spiro atoms. The quantitative estimate of drug-likeness (QED) is 0.196. The van der Waals surface area contributed by atoms with Gasteiger partial charge in [0.05, 0.1) is 36.0 Å². The van der Waals surface area contributed by atoms with Gasteiger partial charge in [0.15, 0.2) is 0 Å². The van der Waals surface area contributed by atoms with Crippen molar-refractivity contribution in [2.45, 2.75) is 38.9 Å². The largest absolute Gasteiger partial charge is 0.495 e. The van der Waals surface area contributed by atoms with Crippen LogP contribution in [0.3, 0.4) is 0 Å². The molecule has 0 fully saturated rings. The first-order valence-electron chi connectivity index (χ1n) is 12.7. The van der Waals surface area contributed by atoms with Crippen molar-refractivity contribution >= 4 is 34.7 Å². The molecule has 1 heterocycles. The molecule has 0 aliphatic carbocycles. The topological polar surface area (TPSA) is 76.7 Å². The minimum Gasteiger partial charge on any atom is -0.495 e. The fourth-order valence-electron chi connectivity index (χ4n) is 4.57. The summed E-state index contributed by atoms with van der Waals surface area (Å²) in [5, 5.41) is 14.3. The number of ether oxygens (including phenoxy) is 1. The summed E-state index contributed by atoms with van der Waals surface area (Å²) in [6.45, 7) is 4.48. The van der Waals surface area contributed by atoms with Crippen LogP contribution < -0.4 is 4.74 Å². The number of carboxylic acid groups (broad SMARTS) is 1. The van der Waals surface area contributed by atoms with Crippen molar-refractivity contribution in [1.29, 1.82) is 0 Å². The summed E-state index contributed by atoms with van der Waals surface area (Å²) < 4.78 is 47.1. The number of rotatable bonds is 10. The molecule has 0 aliphatic rings. The number of halogens is 4. The maximum Gasteiger partial charge on any atom is 0.416 e. The lowest BCUT2D eigenvalue weighted by atomic mass is 9.96. The van der Waals surface area contributed by atoms with Crippen molar-refractivity contribution in [1.82, 2.24) is 9.78 Å². The van der Waals surface area contributed by atoms with E-state index in [0.717, 1.165) is 29.7 Å². The third-order valence-corrected chi connectivity index (χ3v) is 6.79. The van der Waals surface area contributed by atoms with Crippen LogP contribution in [0.4, 0.5) is 13.2 Å². The lowest BCUT2D eigenvalue weighted by Gasteiger charge is -2.20. The zero-order chi connectivity index (χ0) is 29.0. The Bertz CT molecular complexity index is 1530. The van der Waals surface area contributed by atoms with Gasteiger partial charge in [0.2, 0.25) is 0 Å². The Balaban J connectivity index is 1.70. The van der Waals surface area contributed by atoms with E-state index in [1.807, 2.05) is 35.1 Å². The summed E-state index contributed by atoms with van der Waals surface area (Å²) in [6, 6.07) is 14.6. The number of aliphatic imine (C=N–C) groups is 1. The maximum absolute atomic E-state index is 13.2. The van der Waals surface area contributed by atoms with E-state index in [-0.39, 0.29) is 24.0 Å². The summed E-state index contributed by atoms with van der Waals surface area (Å²) in [6.07, 6.45) is -0.155. The van der Waals surface area contributed by atoms with Crippen molar-refractivity contribution in [3.8, 4) is 16.9 Å². The first kappa shape index (κ1) is 29.1. The molecule has 1 aromatic heterocycles. The molecule has 0 aliphatic heterocycles. The van der Waals surface area contributed by atoms with E-state index < -0.39 is 17.7 Å². The smallest absolute Gasteiger partial charge is 0.416 e. The number of nitrogens with zero attached hydrogens (tertiary/aromatic N) is 3. The van der Waals surface area contributed by atoms with Gasteiger partial charge in [-0.05, 0) is 47.7 Å². The van der Waals surface area contributed by atoms with Crippen molar-refractivity contribution in [3.05, 3.63) is 82.5 Å². The highest BCUT2D eigenvalue weighted by Crippen LogP contribution is 2.42. The Hall–Kier alpha value is -3.85. The Labute approximate surface area is 235 Å². The predicted molar refractivity (Wildman–Crippen MR) is 150 cm³/mol. The molecule has 6 nitrogen and oxygen atoms in total. The van der Waals surface area contributed by atoms with Crippen LogP contribution in [-0.4, -0.2) is 40.7 Å². The normalized spacial score (nSPS) is 12.9. The minimum atomic E-state index is -4.49. The molecule has 10 heteroatoms. The van der Waals surface area contributed by atoms with Gasteiger partial charge in [-0.2, -0.15) is 18.3 Å². The second-order valence-corrected chi connectivity index (χ2v) is 10.3. The zero-order valence-corrected chi connectivity index (χ0v) is 23.0. The Morgan fingerprint density at radius 3 is 2.42 bits per heavy atom. The molecule has 3 aromatic carbocycles. The minimum absolute atomic E-state index is 0.0197. The van der Waals surface area contributed by atoms with Gasteiger partial charge >= 0.3 is 12.1 Å². The molecule has 0 amide bonds. The van der Waals surface area contributed by atoms with E-state index in [9.17, 15) is 18.0 Å². The van der Waals surface area contributed by atoms with Crippen LogP contribution in [0.1, 0.15) is 49.4 Å². The molecule has 4 rings (SSSR count). The summed E-state index contributed by atoms with van der Waals surface area (Å²) in [7, 11) is 1.51. The Morgan fingerprint density at radius 1 is 1.12 bits per heavy atom. The standard InChI is InChI=1S/C30H29ClF3N3O3/c1-18(2)14-27(20-6-4-19(5-7-20)16-35-13-12-28(38)39)37-17-24-26(36-37)11-10-23(29(24)40-3)22-9-8-21(15-25(22)31)30(32,33)34/h4-11,15-18,27H,12-14H2,1-3H3,(H,38,39)/t27-/m1/s1. The Morgan fingerprint density at radius 2 is 1.82 bits per heavy atom. The number of carboxylic acids is 1. The molecule has 0 radical (unpaired) electrons. The predicted octanol–water partition coefficient (Wildman–Crippen LogP) is 7.91. The van der Waals surface area contributed by atoms with Crippen molar-refractivity contribution in [2.75, 3.05) is 13.7 Å². The molecular formula is C30H29ClF3N3O3. The second-order valence-electron chi connectivity index (χ2n) is 9.87. The van der Waals surface area contributed by atoms with Crippen LogP contribution in [0.25, 0.3) is 22.0 Å². The number of aromatic nitrogens is 2. The summed E-state index contributed by atoms with van der Waals surface area (Å²) in [5.74, 6) is -0.0542. The SMILES string of the molecule is COc1c(-c2ccc(C(F)(F)F)cc2Cl)ccc2nn([C@H](CC(C)C)c3ccc(C=NCCC(=O)O)cc3)cc12. The van der Waals surface area contributed by atoms with Gasteiger partial charge in [-0.15, -0.1) is 0 Å². The number of aliphatic carboxylic acids is 1. The first-order valence-corrected chi connectivity index (χ1v) is 13.1. The van der Waals surface area contributed by atoms with E-state index >= 15 is 0 Å². The number of alkyl halides is 3. The van der Waals surface area contributed by atoms with Gasteiger partial charge in [0.1, 0.15) is 5.75 Å². The van der Waals surface area contributed by atoms with Crippen molar-refractivity contribution in [2.24, 2.45) is 10.9 Å². The third-order valence-electron chi connectivity index (χ3n) is 6.48. The summed E-state index contributed by atoms with van der Waals surface area (Å²) >= 11 is 6.30. The van der Waals surface area contributed by atoms with Crippen molar-refractivity contribution < 1.29 is 27.8 Å². The number of benzene rings is 3. The van der Waals surface area contributed by atoms with E-state index in [2.05, 4.69) is 18.8 Å². The van der Waals surface area contributed by atoms with Gasteiger partial charge in [-0.25, -0.2) is 0 Å². The second kappa shape index (κ2) is 12.1. The Kier molecular flexibility index (Phi) is 8.83. The van der Waals surface area contributed by atoms with Gasteiger partial charge in [0, 0.05) is 35.1 Å². The summed E-state index contributed by atoms with van der Waals surface area (Å²) in [5.41, 5.74) is 2.76. The highest BCUT2D eigenvalue weighted by Gasteiger charge is 2.31.